The number of carbonyl (C=O) groups is 2. The van der Waals surface area contributed by atoms with Gasteiger partial charge in [-0.2, -0.15) is 0 Å². The van der Waals surface area contributed by atoms with Gasteiger partial charge in [-0.25, -0.2) is 0 Å². The van der Waals surface area contributed by atoms with Crippen LogP contribution in [0.15, 0.2) is 24.3 Å². The minimum Gasteiger partial charge on any atom is -0.497 e. The highest BCUT2D eigenvalue weighted by Gasteiger charge is 2.14. The predicted molar refractivity (Wildman–Crippen MR) is 80.2 cm³/mol. The Labute approximate surface area is 125 Å². The highest BCUT2D eigenvalue weighted by molar-refractivity contribution is 5.78. The van der Waals surface area contributed by atoms with E-state index in [0.717, 1.165) is 11.3 Å². The van der Waals surface area contributed by atoms with E-state index >= 15 is 0 Å². The summed E-state index contributed by atoms with van der Waals surface area (Å²) in [4.78, 5) is 23.1. The zero-order valence-corrected chi connectivity index (χ0v) is 12.8. The molecule has 1 aromatic rings. The number of hydrogen-bond donors (Lipinski definition) is 1. The van der Waals surface area contributed by atoms with E-state index in [0.29, 0.717) is 19.3 Å². The second-order valence-electron chi connectivity index (χ2n) is 4.80. The number of rotatable bonds is 8. The van der Waals surface area contributed by atoms with Gasteiger partial charge < -0.3 is 14.8 Å². The molecule has 0 aliphatic carbocycles. The summed E-state index contributed by atoms with van der Waals surface area (Å²) < 4.78 is 9.76. The summed E-state index contributed by atoms with van der Waals surface area (Å²) in [6.07, 6.45) is 1.92. The van der Waals surface area contributed by atoms with E-state index in [4.69, 9.17) is 4.74 Å². The summed E-state index contributed by atoms with van der Waals surface area (Å²) in [5, 5.41) is 2.86. The zero-order valence-electron chi connectivity index (χ0n) is 12.8. The van der Waals surface area contributed by atoms with Crippen molar-refractivity contribution in [1.29, 1.82) is 0 Å². The van der Waals surface area contributed by atoms with Gasteiger partial charge in [-0.1, -0.05) is 19.1 Å². The second-order valence-corrected chi connectivity index (χ2v) is 4.80. The third kappa shape index (κ3) is 6.29. The molecule has 0 bridgehead atoms. The molecular formula is C16H23NO4. The Kier molecular flexibility index (Phi) is 7.29. The van der Waals surface area contributed by atoms with E-state index in [1.54, 1.807) is 7.11 Å². The Bertz CT molecular complexity index is 473. The number of carbonyl (C=O) groups excluding carboxylic acids is 2. The van der Waals surface area contributed by atoms with Crippen molar-refractivity contribution in [2.45, 2.75) is 38.6 Å². The van der Waals surface area contributed by atoms with Gasteiger partial charge in [0.05, 0.1) is 20.6 Å². The third-order valence-corrected chi connectivity index (χ3v) is 3.27. The number of esters is 1. The molecule has 0 radical (unpaired) electrons. The summed E-state index contributed by atoms with van der Waals surface area (Å²) in [6, 6.07) is 7.47. The lowest BCUT2D eigenvalue weighted by molar-refractivity contribution is -0.141. The van der Waals surface area contributed by atoms with E-state index in [1.165, 1.54) is 7.11 Å². The molecule has 5 nitrogen and oxygen atoms in total. The molecule has 1 amide bonds. The van der Waals surface area contributed by atoms with Crippen molar-refractivity contribution >= 4 is 11.9 Å². The lowest BCUT2D eigenvalue weighted by atomic mass is 10.1. The van der Waals surface area contributed by atoms with Crippen molar-refractivity contribution in [1.82, 2.24) is 5.32 Å². The first-order chi connectivity index (χ1) is 10.1. The molecule has 5 heteroatoms. The molecule has 116 valence electrons. The first kappa shape index (κ1) is 17.0. The van der Waals surface area contributed by atoms with Crippen molar-refractivity contribution in [3.63, 3.8) is 0 Å². The molecule has 0 aliphatic rings. The number of benzene rings is 1. The molecule has 0 saturated heterocycles. The topological polar surface area (TPSA) is 64.6 Å². The Hall–Kier alpha value is -2.04. The number of hydrogen-bond acceptors (Lipinski definition) is 4. The van der Waals surface area contributed by atoms with Crippen molar-refractivity contribution in [3.05, 3.63) is 29.8 Å². The fourth-order valence-electron chi connectivity index (χ4n) is 1.97. The van der Waals surface area contributed by atoms with E-state index in [9.17, 15) is 9.59 Å². The summed E-state index contributed by atoms with van der Waals surface area (Å²) in [5.41, 5.74) is 1.05. The summed E-state index contributed by atoms with van der Waals surface area (Å²) in [6.45, 7) is 1.93. The first-order valence-corrected chi connectivity index (χ1v) is 7.08. The van der Waals surface area contributed by atoms with Gasteiger partial charge in [0, 0.05) is 12.5 Å². The molecule has 0 saturated carbocycles. The van der Waals surface area contributed by atoms with Gasteiger partial charge in [-0.3, -0.25) is 9.59 Å². The minimum atomic E-state index is -0.310. The maximum atomic E-state index is 11.9. The summed E-state index contributed by atoms with van der Waals surface area (Å²) in [5.74, 6) is 0.411. The highest BCUT2D eigenvalue weighted by Crippen LogP contribution is 2.14. The fourth-order valence-corrected chi connectivity index (χ4v) is 1.97. The Morgan fingerprint density at radius 3 is 2.67 bits per heavy atom. The standard InChI is InChI=1S/C16H23NO4/c1-4-13(11-16(19)21-3)17-15(18)9-8-12-6-5-7-14(10-12)20-2/h5-7,10,13H,4,8-9,11H2,1-3H3,(H,17,18). The van der Waals surface area contributed by atoms with E-state index in [2.05, 4.69) is 10.1 Å². The molecule has 0 heterocycles. The van der Waals surface area contributed by atoms with Gasteiger partial charge in [-0.15, -0.1) is 0 Å². The second kappa shape index (κ2) is 9.00. The average molecular weight is 293 g/mol. The Balaban J connectivity index is 2.43. The Morgan fingerprint density at radius 1 is 1.29 bits per heavy atom. The van der Waals surface area contributed by atoms with Gasteiger partial charge in [-0.05, 0) is 30.5 Å². The first-order valence-electron chi connectivity index (χ1n) is 7.08. The van der Waals surface area contributed by atoms with Crippen molar-refractivity contribution in [3.8, 4) is 5.75 Å². The Morgan fingerprint density at radius 2 is 2.05 bits per heavy atom. The number of aryl methyl sites for hydroxylation is 1. The zero-order chi connectivity index (χ0) is 15.7. The van der Waals surface area contributed by atoms with Gasteiger partial charge in [0.15, 0.2) is 0 Å². The lowest BCUT2D eigenvalue weighted by Crippen LogP contribution is -2.36. The van der Waals surface area contributed by atoms with Crippen LogP contribution in [0.1, 0.15) is 31.7 Å². The average Bonchev–Trinajstić information content (AvgIpc) is 2.52. The molecule has 1 N–H and O–H groups in total. The molecule has 1 rings (SSSR count). The molecule has 0 fully saturated rings. The van der Waals surface area contributed by atoms with Crippen LogP contribution in [0.2, 0.25) is 0 Å². The monoisotopic (exact) mass is 293 g/mol. The molecule has 1 unspecified atom stereocenters. The van der Waals surface area contributed by atoms with E-state index in [-0.39, 0.29) is 24.3 Å². The molecule has 0 aromatic heterocycles. The van der Waals surface area contributed by atoms with Crippen LogP contribution in [0.25, 0.3) is 0 Å². The van der Waals surface area contributed by atoms with Crippen molar-refractivity contribution in [2.75, 3.05) is 14.2 Å². The van der Waals surface area contributed by atoms with Gasteiger partial charge in [0.2, 0.25) is 5.91 Å². The van der Waals surface area contributed by atoms with Crippen LogP contribution >= 0.6 is 0 Å². The largest absolute Gasteiger partial charge is 0.497 e. The predicted octanol–water partition coefficient (Wildman–Crippen LogP) is 2.09. The van der Waals surface area contributed by atoms with E-state index < -0.39 is 0 Å². The van der Waals surface area contributed by atoms with E-state index in [1.807, 2.05) is 31.2 Å². The quantitative estimate of drug-likeness (QED) is 0.745. The normalized spacial score (nSPS) is 11.6. The van der Waals surface area contributed by atoms with Crippen molar-refractivity contribution < 1.29 is 19.1 Å². The number of methoxy groups -OCH3 is 2. The molecule has 21 heavy (non-hydrogen) atoms. The lowest BCUT2D eigenvalue weighted by Gasteiger charge is -2.15. The maximum Gasteiger partial charge on any atom is 0.307 e. The van der Waals surface area contributed by atoms with Crippen LogP contribution in [0.5, 0.6) is 5.75 Å². The maximum absolute atomic E-state index is 11.9. The van der Waals surface area contributed by atoms with Crippen LogP contribution in [-0.2, 0) is 20.7 Å². The molecular weight excluding hydrogens is 270 g/mol. The van der Waals surface area contributed by atoms with Crippen LogP contribution < -0.4 is 10.1 Å². The number of nitrogens with one attached hydrogen (secondary N) is 1. The third-order valence-electron chi connectivity index (χ3n) is 3.27. The van der Waals surface area contributed by atoms with Crippen LogP contribution in [0.4, 0.5) is 0 Å². The smallest absolute Gasteiger partial charge is 0.307 e. The molecule has 1 aromatic carbocycles. The number of amides is 1. The highest BCUT2D eigenvalue weighted by atomic mass is 16.5. The van der Waals surface area contributed by atoms with Gasteiger partial charge >= 0.3 is 5.97 Å². The molecule has 0 aliphatic heterocycles. The van der Waals surface area contributed by atoms with Gasteiger partial charge in [0.1, 0.15) is 5.75 Å². The summed E-state index contributed by atoms with van der Waals surface area (Å²) >= 11 is 0. The van der Waals surface area contributed by atoms with Gasteiger partial charge in [0.25, 0.3) is 0 Å². The SMILES string of the molecule is CCC(CC(=O)OC)NC(=O)CCc1cccc(OC)c1. The van der Waals surface area contributed by atoms with Crippen LogP contribution in [0.3, 0.4) is 0 Å². The molecule has 1 atom stereocenters. The number of ether oxygens (including phenoxy) is 2. The van der Waals surface area contributed by atoms with Crippen LogP contribution in [0, 0.1) is 0 Å². The van der Waals surface area contributed by atoms with Crippen LogP contribution in [-0.4, -0.2) is 32.1 Å². The fraction of sp³-hybridized carbons (Fsp3) is 0.500. The molecule has 0 spiro atoms. The van der Waals surface area contributed by atoms with Crippen molar-refractivity contribution in [2.24, 2.45) is 0 Å². The summed E-state index contributed by atoms with van der Waals surface area (Å²) in [7, 11) is 2.96. The minimum absolute atomic E-state index is 0.0615.